The molecule has 1 heterocycles. The van der Waals surface area contributed by atoms with Crippen molar-refractivity contribution in [3.63, 3.8) is 0 Å². The van der Waals surface area contributed by atoms with Gasteiger partial charge in [0.15, 0.2) is 6.20 Å². The Hall–Kier alpha value is -1.20. The number of hydrogen-bond donors (Lipinski definition) is 1. The molecule has 0 saturated heterocycles. The van der Waals surface area contributed by atoms with Gasteiger partial charge in [-0.2, -0.15) is 4.84 Å². The van der Waals surface area contributed by atoms with E-state index >= 15 is 0 Å². The lowest BCUT2D eigenvalue weighted by molar-refractivity contribution is -0.988. The van der Waals surface area contributed by atoms with Gasteiger partial charge in [0.25, 0.3) is 0 Å². The van der Waals surface area contributed by atoms with Crippen LogP contribution in [0.5, 0.6) is 0 Å². The average Bonchev–Trinajstić information content (AvgIpc) is 2.87. The molecule has 1 rings (SSSR count). The Labute approximate surface area is 140 Å². The second-order valence-electron chi connectivity index (χ2n) is 6.19. The maximum atomic E-state index is 11.1. The van der Waals surface area contributed by atoms with Crippen LogP contribution in [-0.4, -0.2) is 34.7 Å². The summed E-state index contributed by atoms with van der Waals surface area (Å²) in [6, 6.07) is 0. The van der Waals surface area contributed by atoms with E-state index in [1.165, 1.54) is 51.4 Å². The van der Waals surface area contributed by atoms with Crippen LogP contribution in [0.1, 0.15) is 78.1 Å². The smallest absolute Gasteiger partial charge is 0.363 e. The van der Waals surface area contributed by atoms with Crippen LogP contribution in [0.4, 0.5) is 0 Å². The number of carbonyl (C=O) groups is 1. The molecule has 5 nitrogen and oxygen atoms in total. The number of unbranched alkanes of at least 4 members (excludes halogenated alkanes) is 8. The number of carboxylic acids is 1. The lowest BCUT2D eigenvalue weighted by Gasteiger charge is -2.27. The predicted molar refractivity (Wildman–Crippen MR) is 92.8 cm³/mol. The fraction of sp³-hybridized carbons (Fsp3) is 0.778. The van der Waals surface area contributed by atoms with Gasteiger partial charge in [-0.15, -0.1) is 0 Å². The second-order valence-corrected chi connectivity index (χ2v) is 6.19. The zero-order chi connectivity index (χ0) is 17.0. The van der Waals surface area contributed by atoms with E-state index in [9.17, 15) is 4.79 Å². The number of rotatable bonds is 14. The normalized spacial score (nSPS) is 20.0. The summed E-state index contributed by atoms with van der Waals surface area (Å²) in [5.41, 5.74) is 0. The van der Waals surface area contributed by atoms with Crippen LogP contribution in [0.3, 0.4) is 0 Å². The van der Waals surface area contributed by atoms with Crippen LogP contribution in [0.15, 0.2) is 17.4 Å². The molecule has 1 N–H and O–H groups in total. The Balaban J connectivity index is 2.24. The molecule has 0 aromatic heterocycles. The van der Waals surface area contributed by atoms with E-state index in [0.717, 1.165) is 18.7 Å². The van der Waals surface area contributed by atoms with Crippen LogP contribution in [0.25, 0.3) is 0 Å². The molecular weight excluding hydrogens is 292 g/mol. The van der Waals surface area contributed by atoms with Crippen LogP contribution in [0, 0.1) is 0 Å². The Morgan fingerprint density at radius 3 is 2.26 bits per heavy atom. The Kier molecular flexibility index (Phi) is 9.80. The largest absolute Gasteiger partial charge is 0.477 e. The van der Waals surface area contributed by atoms with Crippen LogP contribution < -0.4 is 0 Å². The topological polar surface area (TPSA) is 58.9 Å². The molecule has 0 bridgehead atoms. The van der Waals surface area contributed by atoms with Gasteiger partial charge < -0.3 is 5.11 Å². The highest BCUT2D eigenvalue weighted by Crippen LogP contribution is 2.22. The molecule has 0 aromatic rings. The van der Waals surface area contributed by atoms with Crippen LogP contribution >= 0.6 is 0 Å². The summed E-state index contributed by atoms with van der Waals surface area (Å²) in [6.07, 6.45) is 15.7. The Morgan fingerprint density at radius 2 is 1.70 bits per heavy atom. The summed E-state index contributed by atoms with van der Waals surface area (Å²) >= 11 is 0. The maximum Gasteiger partial charge on any atom is 0.363 e. The third kappa shape index (κ3) is 7.27. The first kappa shape index (κ1) is 19.8. The first-order chi connectivity index (χ1) is 11.1. The van der Waals surface area contributed by atoms with E-state index in [0.29, 0.717) is 6.61 Å². The van der Waals surface area contributed by atoms with Crippen molar-refractivity contribution in [1.82, 2.24) is 0 Å². The van der Waals surface area contributed by atoms with Gasteiger partial charge in [-0.3, -0.25) is 0 Å². The van der Waals surface area contributed by atoms with Gasteiger partial charge >= 0.3 is 5.97 Å². The molecule has 0 radical (unpaired) electrons. The summed E-state index contributed by atoms with van der Waals surface area (Å²) in [5.74, 6) is -0.0537. The highest BCUT2D eigenvalue weighted by Gasteiger charge is 2.39. The lowest BCUT2D eigenvalue weighted by atomic mass is 10.1. The molecule has 0 saturated carbocycles. The summed E-state index contributed by atoms with van der Waals surface area (Å²) in [6.45, 7) is 4.49. The van der Waals surface area contributed by atoms with Crippen molar-refractivity contribution in [2.45, 2.75) is 78.1 Å². The summed E-state index contributed by atoms with van der Waals surface area (Å²) in [4.78, 5) is 21.2. The van der Waals surface area contributed by atoms with Crippen molar-refractivity contribution in [2.24, 2.45) is 4.99 Å². The number of aliphatic carboxylic acids is 1. The maximum absolute atomic E-state index is 11.1. The fourth-order valence-electron chi connectivity index (χ4n) is 3.00. The zero-order valence-electron chi connectivity index (χ0n) is 14.8. The molecule has 0 spiro atoms. The van der Waals surface area contributed by atoms with E-state index < -0.39 is 5.97 Å². The summed E-state index contributed by atoms with van der Waals surface area (Å²) in [5, 5.41) is 9.13. The Bertz CT molecular complexity index is 407. The average molecular weight is 325 g/mol. The van der Waals surface area contributed by atoms with Crippen LogP contribution in [-0.2, 0) is 9.63 Å². The molecule has 132 valence electrons. The predicted octanol–water partition coefficient (Wildman–Crippen LogP) is 4.64. The summed E-state index contributed by atoms with van der Waals surface area (Å²) < 4.78 is -0.0666. The molecule has 0 fully saturated rings. The molecule has 5 heteroatoms. The number of hydrogen-bond acceptors (Lipinski definition) is 3. The number of amidine groups is 1. The van der Waals surface area contributed by atoms with Crippen molar-refractivity contribution in [3.05, 3.63) is 12.4 Å². The standard InChI is InChI=1S/C18H32N2O3/c1-3-5-6-7-8-9-10-11-12-13-17-19-14-15-20(17,23-4-2)16-18(21)22/h14-15H,3-13,16H2,1-2H3/p+1. The van der Waals surface area contributed by atoms with E-state index in [-0.39, 0.29) is 11.2 Å². The second kappa shape index (κ2) is 11.4. The minimum absolute atomic E-state index is 0.0666. The van der Waals surface area contributed by atoms with E-state index in [4.69, 9.17) is 9.94 Å². The fourth-order valence-corrected chi connectivity index (χ4v) is 3.00. The molecule has 1 atom stereocenters. The number of hydroxylamine groups is 3. The molecule has 0 amide bonds. The van der Waals surface area contributed by atoms with E-state index in [1.807, 2.05) is 6.92 Å². The first-order valence-electron chi connectivity index (χ1n) is 9.13. The van der Waals surface area contributed by atoms with Gasteiger partial charge in [-0.05, 0) is 13.3 Å². The van der Waals surface area contributed by atoms with Gasteiger partial charge in [-0.1, -0.05) is 62.9 Å². The van der Waals surface area contributed by atoms with Crippen molar-refractivity contribution in [2.75, 3.05) is 13.2 Å². The van der Waals surface area contributed by atoms with Gasteiger partial charge in [-0.25, -0.2) is 9.79 Å². The number of quaternary nitrogens is 1. The number of carboxylic acid groups (broad SMARTS) is 1. The lowest BCUT2D eigenvalue weighted by Crippen LogP contribution is -2.49. The molecular formula is C18H33N2O3+. The van der Waals surface area contributed by atoms with Crippen molar-refractivity contribution in [1.29, 1.82) is 0 Å². The summed E-state index contributed by atoms with van der Waals surface area (Å²) in [7, 11) is 0. The highest BCUT2D eigenvalue weighted by atomic mass is 16.7. The Morgan fingerprint density at radius 1 is 1.09 bits per heavy atom. The molecule has 0 aromatic carbocycles. The molecule has 1 unspecified atom stereocenters. The van der Waals surface area contributed by atoms with E-state index in [2.05, 4.69) is 11.9 Å². The zero-order valence-corrected chi connectivity index (χ0v) is 14.8. The molecule has 1 aliphatic rings. The molecule has 0 aliphatic carbocycles. The quantitative estimate of drug-likeness (QED) is 0.374. The van der Waals surface area contributed by atoms with Gasteiger partial charge in [0.2, 0.25) is 12.4 Å². The van der Waals surface area contributed by atoms with Gasteiger partial charge in [0.1, 0.15) is 6.61 Å². The number of aliphatic imine (C=N–C) groups is 1. The minimum Gasteiger partial charge on any atom is -0.477 e. The first-order valence-corrected chi connectivity index (χ1v) is 9.13. The van der Waals surface area contributed by atoms with Crippen molar-refractivity contribution < 1.29 is 19.4 Å². The van der Waals surface area contributed by atoms with Crippen molar-refractivity contribution in [3.8, 4) is 0 Å². The van der Waals surface area contributed by atoms with Gasteiger partial charge in [0, 0.05) is 6.42 Å². The molecule has 23 heavy (non-hydrogen) atoms. The third-order valence-electron chi connectivity index (χ3n) is 4.20. The van der Waals surface area contributed by atoms with Gasteiger partial charge in [0.05, 0.1) is 6.20 Å². The SMILES string of the molecule is CCCCCCCCCCCC1=NC=C[N+]1(CC(=O)O)OCC. The minimum atomic E-state index is -0.871. The van der Waals surface area contributed by atoms with Crippen molar-refractivity contribution >= 4 is 11.8 Å². The highest BCUT2D eigenvalue weighted by molar-refractivity contribution is 5.80. The third-order valence-corrected chi connectivity index (χ3v) is 4.20. The van der Waals surface area contributed by atoms with Crippen LogP contribution in [0.2, 0.25) is 0 Å². The molecule has 1 aliphatic heterocycles. The monoisotopic (exact) mass is 325 g/mol. The number of nitrogens with zero attached hydrogens (tertiary/aromatic N) is 2. The van der Waals surface area contributed by atoms with E-state index in [1.54, 1.807) is 12.4 Å².